The van der Waals surface area contributed by atoms with Crippen molar-refractivity contribution in [1.82, 2.24) is 0 Å². The predicted octanol–water partition coefficient (Wildman–Crippen LogP) is 5.68. The molecular formula is C22H20BrNO4S. The molecule has 3 aromatic rings. The van der Waals surface area contributed by atoms with Gasteiger partial charge in [-0.15, -0.1) is 11.3 Å². The van der Waals surface area contributed by atoms with Gasteiger partial charge >= 0.3 is 5.97 Å². The van der Waals surface area contributed by atoms with Gasteiger partial charge in [0.1, 0.15) is 16.3 Å². The van der Waals surface area contributed by atoms with Gasteiger partial charge in [0, 0.05) is 14.9 Å². The zero-order valence-corrected chi connectivity index (χ0v) is 18.6. The van der Waals surface area contributed by atoms with E-state index in [0.717, 1.165) is 20.5 Å². The second kappa shape index (κ2) is 9.24. The lowest BCUT2D eigenvalue weighted by Gasteiger charge is -2.15. The molecule has 0 radical (unpaired) electrons. The summed E-state index contributed by atoms with van der Waals surface area (Å²) in [4.78, 5) is 26.2. The van der Waals surface area contributed by atoms with Gasteiger partial charge in [0.25, 0.3) is 5.91 Å². The largest absolute Gasteiger partial charge is 0.481 e. The Balaban J connectivity index is 1.88. The molecule has 0 bridgehead atoms. The van der Waals surface area contributed by atoms with Crippen LogP contribution in [0.15, 0.2) is 59.1 Å². The van der Waals surface area contributed by atoms with E-state index in [4.69, 9.17) is 9.47 Å². The molecule has 7 heteroatoms. The topological polar surface area (TPSA) is 64.6 Å². The van der Waals surface area contributed by atoms with E-state index in [-0.39, 0.29) is 5.91 Å². The summed E-state index contributed by atoms with van der Waals surface area (Å²) in [5.74, 6) is -0.275. The van der Waals surface area contributed by atoms with Crippen molar-refractivity contribution in [1.29, 1.82) is 0 Å². The van der Waals surface area contributed by atoms with Crippen LogP contribution in [-0.2, 0) is 9.53 Å². The number of aryl methyl sites for hydroxylation is 1. The van der Waals surface area contributed by atoms with Gasteiger partial charge in [-0.3, -0.25) is 4.79 Å². The summed E-state index contributed by atoms with van der Waals surface area (Å²) in [7, 11) is 1.33. The van der Waals surface area contributed by atoms with E-state index in [0.29, 0.717) is 16.3 Å². The van der Waals surface area contributed by atoms with E-state index < -0.39 is 12.1 Å². The van der Waals surface area contributed by atoms with Crippen LogP contribution in [0.4, 0.5) is 5.00 Å². The molecule has 3 rings (SSSR count). The molecule has 0 fully saturated rings. The number of esters is 1. The SMILES string of the molecule is COC(=O)c1c(NC(=O)C(C)Oc2cccc(Br)c2)sc(C)c1-c1ccccc1. The third-order valence-corrected chi connectivity index (χ3v) is 5.77. The summed E-state index contributed by atoms with van der Waals surface area (Å²) in [6.07, 6.45) is -0.752. The minimum atomic E-state index is -0.752. The number of hydrogen-bond donors (Lipinski definition) is 1. The van der Waals surface area contributed by atoms with Crippen LogP contribution in [0.25, 0.3) is 11.1 Å². The van der Waals surface area contributed by atoms with Crippen LogP contribution in [0, 0.1) is 6.92 Å². The molecular weight excluding hydrogens is 454 g/mol. The highest BCUT2D eigenvalue weighted by molar-refractivity contribution is 9.10. The van der Waals surface area contributed by atoms with Gasteiger partial charge in [0.2, 0.25) is 0 Å². The summed E-state index contributed by atoms with van der Waals surface area (Å²) in [6.45, 7) is 3.57. The molecule has 1 atom stereocenters. The third-order valence-electron chi connectivity index (χ3n) is 4.25. The van der Waals surface area contributed by atoms with Crippen LogP contribution < -0.4 is 10.1 Å². The van der Waals surface area contributed by atoms with E-state index in [1.165, 1.54) is 18.4 Å². The van der Waals surface area contributed by atoms with E-state index in [1.807, 2.05) is 49.4 Å². The highest BCUT2D eigenvalue weighted by atomic mass is 79.9. The second-order valence-electron chi connectivity index (χ2n) is 6.30. The Morgan fingerprint density at radius 1 is 1.10 bits per heavy atom. The van der Waals surface area contributed by atoms with Crippen molar-refractivity contribution in [3.63, 3.8) is 0 Å². The van der Waals surface area contributed by atoms with Crippen LogP contribution in [-0.4, -0.2) is 25.1 Å². The van der Waals surface area contributed by atoms with Crippen molar-refractivity contribution < 1.29 is 19.1 Å². The molecule has 1 N–H and O–H groups in total. The van der Waals surface area contributed by atoms with Crippen molar-refractivity contribution in [2.45, 2.75) is 20.0 Å². The molecule has 0 aliphatic rings. The summed E-state index contributed by atoms with van der Waals surface area (Å²) < 4.78 is 11.6. The van der Waals surface area contributed by atoms with Crippen molar-refractivity contribution in [3.8, 4) is 16.9 Å². The van der Waals surface area contributed by atoms with Crippen LogP contribution in [0.3, 0.4) is 0 Å². The molecule has 29 heavy (non-hydrogen) atoms. The lowest BCUT2D eigenvalue weighted by Crippen LogP contribution is -2.30. The maximum Gasteiger partial charge on any atom is 0.341 e. The van der Waals surface area contributed by atoms with Gasteiger partial charge in [-0.1, -0.05) is 52.3 Å². The fraction of sp³-hybridized carbons (Fsp3) is 0.182. The number of hydrogen-bond acceptors (Lipinski definition) is 5. The Hall–Kier alpha value is -2.64. The Labute approximate surface area is 181 Å². The molecule has 0 spiro atoms. The standard InChI is InChI=1S/C22H20BrNO4S/c1-13(28-17-11-7-10-16(23)12-17)20(25)24-21-19(22(26)27-3)18(14(2)29-21)15-8-5-4-6-9-15/h4-13H,1-3H3,(H,24,25). The van der Waals surface area contributed by atoms with Crippen LogP contribution in [0.1, 0.15) is 22.2 Å². The molecule has 0 saturated heterocycles. The number of thiophene rings is 1. The minimum Gasteiger partial charge on any atom is -0.481 e. The third kappa shape index (κ3) is 4.86. The van der Waals surface area contributed by atoms with Crippen LogP contribution in [0.2, 0.25) is 0 Å². The normalized spacial score (nSPS) is 11.6. The van der Waals surface area contributed by atoms with Gasteiger partial charge < -0.3 is 14.8 Å². The first-order valence-corrected chi connectivity index (χ1v) is 10.5. The fourth-order valence-corrected chi connectivity index (χ4v) is 4.34. The van der Waals surface area contributed by atoms with Gasteiger partial charge in [0.15, 0.2) is 6.10 Å². The number of rotatable bonds is 6. The molecule has 2 aromatic carbocycles. The number of nitrogens with one attached hydrogen (secondary N) is 1. The Kier molecular flexibility index (Phi) is 6.71. The molecule has 0 aliphatic carbocycles. The zero-order chi connectivity index (χ0) is 21.0. The summed E-state index contributed by atoms with van der Waals surface area (Å²) >= 11 is 4.72. The highest BCUT2D eigenvalue weighted by Crippen LogP contribution is 2.40. The zero-order valence-electron chi connectivity index (χ0n) is 16.2. The average molecular weight is 474 g/mol. The van der Waals surface area contributed by atoms with E-state index in [9.17, 15) is 9.59 Å². The lowest BCUT2D eigenvalue weighted by atomic mass is 10.0. The first kappa shape index (κ1) is 21.1. The van der Waals surface area contributed by atoms with Crippen molar-refractivity contribution in [2.75, 3.05) is 12.4 Å². The number of benzene rings is 2. The van der Waals surface area contributed by atoms with Gasteiger partial charge in [-0.05, 0) is 37.6 Å². The molecule has 1 amide bonds. The minimum absolute atomic E-state index is 0.351. The predicted molar refractivity (Wildman–Crippen MR) is 119 cm³/mol. The first-order chi connectivity index (χ1) is 13.9. The number of anilines is 1. The molecule has 0 saturated carbocycles. The fourth-order valence-electron chi connectivity index (χ4n) is 2.89. The van der Waals surface area contributed by atoms with E-state index in [2.05, 4.69) is 21.2 Å². The second-order valence-corrected chi connectivity index (χ2v) is 8.44. The van der Waals surface area contributed by atoms with Gasteiger partial charge in [-0.25, -0.2) is 4.79 Å². The van der Waals surface area contributed by atoms with Crippen molar-refractivity contribution in [3.05, 3.63) is 69.5 Å². The van der Waals surface area contributed by atoms with Crippen molar-refractivity contribution >= 4 is 44.1 Å². The Morgan fingerprint density at radius 2 is 1.83 bits per heavy atom. The van der Waals surface area contributed by atoms with Crippen LogP contribution in [0.5, 0.6) is 5.75 Å². The maximum atomic E-state index is 12.7. The number of ether oxygens (including phenoxy) is 2. The Morgan fingerprint density at radius 3 is 2.48 bits per heavy atom. The van der Waals surface area contributed by atoms with E-state index >= 15 is 0 Å². The van der Waals surface area contributed by atoms with Crippen molar-refractivity contribution in [2.24, 2.45) is 0 Å². The molecule has 1 aromatic heterocycles. The van der Waals surface area contributed by atoms with Gasteiger partial charge in [-0.2, -0.15) is 0 Å². The quantitative estimate of drug-likeness (QED) is 0.467. The van der Waals surface area contributed by atoms with E-state index in [1.54, 1.807) is 19.1 Å². The van der Waals surface area contributed by atoms with Gasteiger partial charge in [0.05, 0.1) is 7.11 Å². The maximum absolute atomic E-state index is 12.7. The average Bonchev–Trinajstić information content (AvgIpc) is 3.03. The smallest absolute Gasteiger partial charge is 0.341 e. The number of carbonyl (C=O) groups is 2. The number of amides is 1. The lowest BCUT2D eigenvalue weighted by molar-refractivity contribution is -0.122. The summed E-state index contributed by atoms with van der Waals surface area (Å²) in [5, 5.41) is 3.28. The Bertz CT molecular complexity index is 1030. The monoisotopic (exact) mass is 473 g/mol. The summed E-state index contributed by atoms with van der Waals surface area (Å²) in [6, 6.07) is 16.8. The highest BCUT2D eigenvalue weighted by Gasteiger charge is 2.26. The molecule has 0 aliphatic heterocycles. The molecule has 5 nitrogen and oxygen atoms in total. The number of carbonyl (C=O) groups excluding carboxylic acids is 2. The summed E-state index contributed by atoms with van der Waals surface area (Å²) in [5.41, 5.74) is 2.00. The van der Waals surface area contributed by atoms with Crippen LogP contribution >= 0.6 is 27.3 Å². The number of methoxy groups -OCH3 is 1. The molecule has 1 unspecified atom stereocenters. The molecule has 150 valence electrons. The first-order valence-electron chi connectivity index (χ1n) is 8.91. The number of halogens is 1. The molecule has 1 heterocycles.